The van der Waals surface area contributed by atoms with Crippen LogP contribution in [0.2, 0.25) is 0 Å². The van der Waals surface area contributed by atoms with Crippen LogP contribution in [-0.4, -0.2) is 11.9 Å². The normalized spacial score (nSPS) is 29.1. The highest BCUT2D eigenvalue weighted by Crippen LogP contribution is 2.37. The molecule has 1 aliphatic heterocycles. The zero-order valence-electron chi connectivity index (χ0n) is 6.90. The molecule has 2 nitrogen and oxygen atoms in total. The Morgan fingerprint density at radius 2 is 2.00 bits per heavy atom. The van der Waals surface area contributed by atoms with Crippen molar-refractivity contribution in [2.45, 2.75) is 39.7 Å². The minimum Gasteiger partial charge on any atom is -0.352 e. The SMILES string of the molecule is CCC1(CC)C(=O)NC1C. The van der Waals surface area contributed by atoms with Gasteiger partial charge in [0.15, 0.2) is 0 Å². The van der Waals surface area contributed by atoms with E-state index < -0.39 is 0 Å². The molecular formula is C8H15NO. The molecule has 0 saturated carbocycles. The maximum Gasteiger partial charge on any atom is 0.228 e. The Labute approximate surface area is 62.0 Å². The average molecular weight is 141 g/mol. The zero-order valence-corrected chi connectivity index (χ0v) is 6.90. The quantitative estimate of drug-likeness (QED) is 0.577. The third-order valence-electron chi connectivity index (χ3n) is 2.89. The van der Waals surface area contributed by atoms with Gasteiger partial charge in [-0.3, -0.25) is 4.79 Å². The van der Waals surface area contributed by atoms with Gasteiger partial charge in [-0.2, -0.15) is 0 Å². The maximum absolute atomic E-state index is 11.1. The molecular weight excluding hydrogens is 126 g/mol. The van der Waals surface area contributed by atoms with Gasteiger partial charge in [0, 0.05) is 6.04 Å². The van der Waals surface area contributed by atoms with Gasteiger partial charge in [0.2, 0.25) is 5.91 Å². The minimum absolute atomic E-state index is 0.0278. The lowest BCUT2D eigenvalue weighted by Gasteiger charge is -2.46. The summed E-state index contributed by atoms with van der Waals surface area (Å²) in [6.07, 6.45) is 1.94. The van der Waals surface area contributed by atoms with Gasteiger partial charge < -0.3 is 5.32 Å². The lowest BCUT2D eigenvalue weighted by Crippen LogP contribution is -2.65. The molecule has 0 aromatic heterocycles. The van der Waals surface area contributed by atoms with Crippen LogP contribution < -0.4 is 5.32 Å². The van der Waals surface area contributed by atoms with Crippen LogP contribution in [0.25, 0.3) is 0 Å². The molecule has 10 heavy (non-hydrogen) atoms. The first kappa shape index (κ1) is 7.58. The molecule has 0 aromatic rings. The number of hydrogen-bond acceptors (Lipinski definition) is 1. The van der Waals surface area contributed by atoms with Crippen molar-refractivity contribution in [3.63, 3.8) is 0 Å². The summed E-state index contributed by atoms with van der Waals surface area (Å²) in [4.78, 5) is 11.1. The summed E-state index contributed by atoms with van der Waals surface area (Å²) >= 11 is 0. The lowest BCUT2D eigenvalue weighted by molar-refractivity contribution is -0.145. The van der Waals surface area contributed by atoms with E-state index in [9.17, 15) is 4.79 Å². The molecule has 2 heteroatoms. The molecule has 1 aliphatic rings. The highest BCUT2D eigenvalue weighted by atomic mass is 16.2. The van der Waals surface area contributed by atoms with Gasteiger partial charge in [-0.05, 0) is 19.8 Å². The Hall–Kier alpha value is -0.530. The van der Waals surface area contributed by atoms with Crippen molar-refractivity contribution in [3.8, 4) is 0 Å². The first-order valence-electron chi connectivity index (χ1n) is 3.98. The molecule has 0 spiro atoms. The molecule has 0 aliphatic carbocycles. The van der Waals surface area contributed by atoms with Crippen molar-refractivity contribution in [3.05, 3.63) is 0 Å². The van der Waals surface area contributed by atoms with Crippen LogP contribution in [0.1, 0.15) is 33.6 Å². The lowest BCUT2D eigenvalue weighted by atomic mass is 9.69. The fourth-order valence-corrected chi connectivity index (χ4v) is 1.78. The summed E-state index contributed by atoms with van der Waals surface area (Å²) in [5.74, 6) is 0.241. The third kappa shape index (κ3) is 0.678. The van der Waals surface area contributed by atoms with Crippen molar-refractivity contribution in [1.29, 1.82) is 0 Å². The van der Waals surface area contributed by atoms with E-state index in [0.717, 1.165) is 12.8 Å². The second kappa shape index (κ2) is 2.26. The maximum atomic E-state index is 11.1. The number of hydrogen-bond donors (Lipinski definition) is 1. The molecule has 1 heterocycles. The second-order valence-corrected chi connectivity index (χ2v) is 3.06. The Morgan fingerprint density at radius 3 is 2.10 bits per heavy atom. The van der Waals surface area contributed by atoms with E-state index >= 15 is 0 Å². The first-order chi connectivity index (χ1) is 4.67. The molecule has 1 rings (SSSR count). The van der Waals surface area contributed by atoms with Gasteiger partial charge in [-0.1, -0.05) is 13.8 Å². The summed E-state index contributed by atoms with van der Waals surface area (Å²) in [6, 6.07) is 0.384. The number of rotatable bonds is 2. The van der Waals surface area contributed by atoms with E-state index in [2.05, 4.69) is 26.1 Å². The van der Waals surface area contributed by atoms with E-state index in [1.807, 2.05) is 0 Å². The minimum atomic E-state index is -0.0278. The molecule has 1 N–H and O–H groups in total. The van der Waals surface area contributed by atoms with Crippen LogP contribution >= 0.6 is 0 Å². The molecule has 0 bridgehead atoms. The fourth-order valence-electron chi connectivity index (χ4n) is 1.78. The number of amides is 1. The van der Waals surface area contributed by atoms with Crippen LogP contribution in [0.3, 0.4) is 0 Å². The summed E-state index contributed by atoms with van der Waals surface area (Å²) in [6.45, 7) is 6.24. The molecule has 1 amide bonds. The van der Waals surface area contributed by atoms with Crippen LogP contribution in [-0.2, 0) is 4.79 Å². The van der Waals surface area contributed by atoms with Gasteiger partial charge in [0.1, 0.15) is 0 Å². The zero-order chi connectivity index (χ0) is 7.78. The van der Waals surface area contributed by atoms with Crippen LogP contribution in [0.15, 0.2) is 0 Å². The van der Waals surface area contributed by atoms with Gasteiger partial charge in [0.25, 0.3) is 0 Å². The fraction of sp³-hybridized carbons (Fsp3) is 0.875. The number of carbonyl (C=O) groups is 1. The van der Waals surface area contributed by atoms with Crippen LogP contribution in [0, 0.1) is 5.41 Å². The van der Waals surface area contributed by atoms with Crippen molar-refractivity contribution in [2.24, 2.45) is 5.41 Å². The predicted octanol–water partition coefficient (Wildman–Crippen LogP) is 1.31. The Kier molecular flexibility index (Phi) is 1.71. The largest absolute Gasteiger partial charge is 0.352 e. The van der Waals surface area contributed by atoms with Crippen LogP contribution in [0.5, 0.6) is 0 Å². The Morgan fingerprint density at radius 1 is 1.50 bits per heavy atom. The van der Waals surface area contributed by atoms with Gasteiger partial charge in [-0.15, -0.1) is 0 Å². The molecule has 0 aromatic carbocycles. The van der Waals surface area contributed by atoms with E-state index in [-0.39, 0.29) is 11.3 Å². The van der Waals surface area contributed by atoms with E-state index in [1.165, 1.54) is 0 Å². The van der Waals surface area contributed by atoms with Gasteiger partial charge in [0.05, 0.1) is 5.41 Å². The molecule has 1 unspecified atom stereocenters. The van der Waals surface area contributed by atoms with E-state index in [4.69, 9.17) is 0 Å². The number of carbonyl (C=O) groups excluding carboxylic acids is 1. The summed E-state index contributed by atoms with van der Waals surface area (Å²) < 4.78 is 0. The first-order valence-corrected chi connectivity index (χ1v) is 3.98. The highest BCUT2D eigenvalue weighted by Gasteiger charge is 2.49. The molecule has 58 valence electrons. The van der Waals surface area contributed by atoms with Crippen molar-refractivity contribution < 1.29 is 4.79 Å². The summed E-state index contributed by atoms with van der Waals surface area (Å²) in [7, 11) is 0. The average Bonchev–Trinajstić information content (AvgIpc) is 1.91. The summed E-state index contributed by atoms with van der Waals surface area (Å²) in [5, 5.41) is 2.86. The number of nitrogens with one attached hydrogen (secondary N) is 1. The molecule has 1 atom stereocenters. The molecule has 1 fully saturated rings. The molecule has 1 saturated heterocycles. The monoisotopic (exact) mass is 141 g/mol. The van der Waals surface area contributed by atoms with Crippen molar-refractivity contribution in [1.82, 2.24) is 5.32 Å². The predicted molar refractivity (Wildman–Crippen MR) is 40.6 cm³/mol. The topological polar surface area (TPSA) is 29.1 Å². The standard InChI is InChI=1S/C8H15NO/c1-4-8(5-2)6(3)9-7(8)10/h6H,4-5H2,1-3H3,(H,9,10). The smallest absolute Gasteiger partial charge is 0.228 e. The van der Waals surface area contributed by atoms with Gasteiger partial charge in [-0.25, -0.2) is 0 Å². The van der Waals surface area contributed by atoms with Crippen molar-refractivity contribution in [2.75, 3.05) is 0 Å². The number of β-lactam (4-membered cyclic amide) rings is 1. The Bertz CT molecular complexity index is 149. The van der Waals surface area contributed by atoms with E-state index in [1.54, 1.807) is 0 Å². The van der Waals surface area contributed by atoms with Crippen LogP contribution in [0.4, 0.5) is 0 Å². The van der Waals surface area contributed by atoms with E-state index in [0.29, 0.717) is 6.04 Å². The van der Waals surface area contributed by atoms with Gasteiger partial charge >= 0.3 is 0 Å². The summed E-state index contributed by atoms with van der Waals surface area (Å²) in [5.41, 5.74) is -0.0278. The molecule has 0 radical (unpaired) electrons. The third-order valence-corrected chi connectivity index (χ3v) is 2.89. The Balaban J connectivity index is 2.71. The second-order valence-electron chi connectivity index (χ2n) is 3.06. The highest BCUT2D eigenvalue weighted by molar-refractivity contribution is 5.89. The van der Waals surface area contributed by atoms with Crippen molar-refractivity contribution >= 4 is 5.91 Å².